The van der Waals surface area contributed by atoms with E-state index in [9.17, 15) is 9.00 Å². The zero-order valence-electron chi connectivity index (χ0n) is 7.08. The zero-order chi connectivity index (χ0) is 10.6. The topological polar surface area (TPSA) is 63.6 Å². The molecule has 0 heterocycles. The molecule has 1 aromatic carbocycles. The van der Waals surface area contributed by atoms with E-state index >= 15 is 0 Å². The number of carbonyl (C=O) groups excluding carboxylic acids is 1. The minimum atomic E-state index is -3.71. The third-order valence-corrected chi connectivity index (χ3v) is 2.14. The second-order valence-corrected chi connectivity index (χ2v) is 4.83. The van der Waals surface area contributed by atoms with Gasteiger partial charge in [0.25, 0.3) is 9.05 Å². The third kappa shape index (κ3) is 3.93. The Morgan fingerprint density at radius 1 is 1.43 bits per heavy atom. The molecule has 0 bridgehead atoms. The van der Waals surface area contributed by atoms with Gasteiger partial charge in [0.15, 0.2) is 5.78 Å². The highest BCUT2D eigenvalue weighted by molar-refractivity contribution is 8.27. The van der Waals surface area contributed by atoms with Gasteiger partial charge in [0.05, 0.1) is 0 Å². The van der Waals surface area contributed by atoms with Crippen LogP contribution >= 0.6 is 0 Å². The average molecular weight is 232 g/mol. The first-order chi connectivity index (χ1) is 6.49. The molecular weight excluding hydrogens is 224 g/mol. The Hall–Kier alpha value is -0.820. The lowest BCUT2D eigenvalue weighted by atomic mass is 10.1. The van der Waals surface area contributed by atoms with Crippen LogP contribution in [-0.4, -0.2) is 21.2 Å². The van der Waals surface area contributed by atoms with Crippen molar-refractivity contribution in [3.8, 4) is 0 Å². The minimum Gasteiger partial charge on any atom is -0.291 e. The average Bonchev–Trinajstić information content (AvgIpc) is 2.14. The standard InChI is InChI=1S/C8H8O4S2/c9-8(6-12-14(10,11)13)7-4-2-1-3-5-7/h1-5H,6H2,(H,10,11,13). The van der Waals surface area contributed by atoms with Crippen molar-refractivity contribution in [2.45, 2.75) is 0 Å². The van der Waals surface area contributed by atoms with E-state index in [2.05, 4.69) is 15.4 Å². The molecule has 1 rings (SSSR count). The largest absolute Gasteiger partial charge is 0.291 e. The summed E-state index contributed by atoms with van der Waals surface area (Å²) in [6.45, 7) is -0.483. The van der Waals surface area contributed by atoms with Gasteiger partial charge in [-0.2, -0.15) is 4.21 Å². The second kappa shape index (κ2) is 4.61. The Morgan fingerprint density at radius 3 is 2.50 bits per heavy atom. The van der Waals surface area contributed by atoms with Crippen molar-refractivity contribution in [1.82, 2.24) is 0 Å². The maximum Gasteiger partial charge on any atom is 0.266 e. The van der Waals surface area contributed by atoms with Crippen molar-refractivity contribution >= 4 is 26.0 Å². The predicted octanol–water partition coefficient (Wildman–Crippen LogP) is 1.02. The van der Waals surface area contributed by atoms with Crippen molar-refractivity contribution in [3.63, 3.8) is 0 Å². The van der Waals surface area contributed by atoms with Crippen molar-refractivity contribution in [2.75, 3.05) is 6.61 Å². The van der Waals surface area contributed by atoms with E-state index in [0.29, 0.717) is 5.56 Å². The number of hydrogen-bond donors (Lipinski definition) is 1. The fraction of sp³-hybridized carbons (Fsp3) is 0.125. The van der Waals surface area contributed by atoms with Gasteiger partial charge in [-0.05, 0) is 0 Å². The molecule has 6 heteroatoms. The Kier molecular flexibility index (Phi) is 3.70. The molecule has 0 aliphatic carbocycles. The summed E-state index contributed by atoms with van der Waals surface area (Å²) in [5, 5.41) is 0. The molecule has 0 radical (unpaired) electrons. The number of carbonyl (C=O) groups is 1. The molecule has 0 aliphatic heterocycles. The number of rotatable bonds is 4. The molecule has 0 saturated carbocycles. The number of hydrogen-bond acceptors (Lipinski definition) is 4. The van der Waals surface area contributed by atoms with Crippen LogP contribution in [0.5, 0.6) is 0 Å². The van der Waals surface area contributed by atoms with Gasteiger partial charge in [0.1, 0.15) is 6.61 Å². The van der Waals surface area contributed by atoms with Gasteiger partial charge in [-0.25, -0.2) is 0 Å². The van der Waals surface area contributed by atoms with Crippen LogP contribution in [0.25, 0.3) is 0 Å². The molecule has 1 aromatic rings. The van der Waals surface area contributed by atoms with Gasteiger partial charge < -0.3 is 0 Å². The van der Waals surface area contributed by atoms with Crippen LogP contribution in [0.2, 0.25) is 0 Å². The molecule has 4 nitrogen and oxygen atoms in total. The summed E-state index contributed by atoms with van der Waals surface area (Å²) in [7, 11) is -3.71. The summed E-state index contributed by atoms with van der Waals surface area (Å²) in [5.41, 5.74) is 0.422. The molecule has 1 unspecified atom stereocenters. The fourth-order valence-electron chi connectivity index (χ4n) is 0.835. The monoisotopic (exact) mass is 232 g/mol. The number of Topliss-reactive ketones (excluding diaryl/α,β-unsaturated/α-hetero) is 1. The van der Waals surface area contributed by atoms with Gasteiger partial charge in [-0.3, -0.25) is 13.5 Å². The Balaban J connectivity index is 2.61. The summed E-state index contributed by atoms with van der Waals surface area (Å²) in [5.74, 6) is -0.378. The molecule has 1 N–H and O–H groups in total. The van der Waals surface area contributed by atoms with Gasteiger partial charge in [0.2, 0.25) is 0 Å². The highest BCUT2D eigenvalue weighted by atomic mass is 32.9. The molecule has 0 amide bonds. The summed E-state index contributed by atoms with van der Waals surface area (Å²) < 4.78 is 23.4. The molecule has 14 heavy (non-hydrogen) atoms. The predicted molar refractivity (Wildman–Crippen MR) is 54.9 cm³/mol. The maximum absolute atomic E-state index is 11.3. The van der Waals surface area contributed by atoms with E-state index in [1.54, 1.807) is 30.3 Å². The Labute approximate surface area is 86.6 Å². The van der Waals surface area contributed by atoms with Crippen LogP contribution in [0.3, 0.4) is 0 Å². The van der Waals surface area contributed by atoms with Gasteiger partial charge in [0, 0.05) is 16.8 Å². The summed E-state index contributed by atoms with van der Waals surface area (Å²) >= 11 is 4.06. The SMILES string of the molecule is O=C(COS(=O)(O)=S)c1ccccc1. The maximum atomic E-state index is 11.3. The summed E-state index contributed by atoms with van der Waals surface area (Å²) in [6, 6.07) is 8.33. The van der Waals surface area contributed by atoms with E-state index < -0.39 is 15.7 Å². The van der Waals surface area contributed by atoms with Crippen LogP contribution in [-0.2, 0) is 24.4 Å². The Morgan fingerprint density at radius 2 is 2.00 bits per heavy atom. The van der Waals surface area contributed by atoms with E-state index in [4.69, 9.17) is 4.55 Å². The summed E-state index contributed by atoms with van der Waals surface area (Å²) in [6.07, 6.45) is 0. The van der Waals surface area contributed by atoms with Crippen molar-refractivity contribution in [1.29, 1.82) is 0 Å². The quantitative estimate of drug-likeness (QED) is 0.785. The lowest BCUT2D eigenvalue weighted by Gasteiger charge is -2.00. The first-order valence-corrected chi connectivity index (χ1v) is 6.05. The van der Waals surface area contributed by atoms with Crippen LogP contribution in [0.1, 0.15) is 10.4 Å². The molecular formula is C8H8O4S2. The van der Waals surface area contributed by atoms with E-state index in [-0.39, 0.29) is 5.78 Å². The second-order valence-electron chi connectivity index (χ2n) is 2.48. The zero-order valence-corrected chi connectivity index (χ0v) is 8.72. The van der Waals surface area contributed by atoms with Crippen LogP contribution in [0.4, 0.5) is 0 Å². The smallest absolute Gasteiger partial charge is 0.266 e. The normalized spacial score (nSPS) is 14.6. The van der Waals surface area contributed by atoms with Crippen molar-refractivity contribution in [3.05, 3.63) is 35.9 Å². The summed E-state index contributed by atoms with van der Waals surface area (Å²) in [4.78, 5) is 11.3. The third-order valence-electron chi connectivity index (χ3n) is 1.43. The first kappa shape index (κ1) is 11.3. The lowest BCUT2D eigenvalue weighted by molar-refractivity contribution is 0.0922. The van der Waals surface area contributed by atoms with E-state index in [0.717, 1.165) is 0 Å². The first-order valence-electron chi connectivity index (χ1n) is 3.69. The Bertz CT molecular complexity index is 410. The van der Waals surface area contributed by atoms with Crippen LogP contribution < -0.4 is 0 Å². The molecule has 0 fully saturated rings. The van der Waals surface area contributed by atoms with Crippen LogP contribution in [0.15, 0.2) is 30.3 Å². The molecule has 76 valence electrons. The van der Waals surface area contributed by atoms with Crippen molar-refractivity contribution in [2.24, 2.45) is 0 Å². The molecule has 0 aliphatic rings. The van der Waals surface area contributed by atoms with Gasteiger partial charge >= 0.3 is 0 Å². The molecule has 1 atom stereocenters. The minimum absolute atomic E-state index is 0.378. The van der Waals surface area contributed by atoms with Gasteiger partial charge in [-0.15, -0.1) is 0 Å². The number of ketones is 1. The molecule has 0 spiro atoms. The molecule has 0 saturated heterocycles. The van der Waals surface area contributed by atoms with E-state index in [1.165, 1.54) is 0 Å². The molecule has 0 aromatic heterocycles. The fourth-order valence-corrected chi connectivity index (χ4v) is 1.24. The van der Waals surface area contributed by atoms with E-state index in [1.807, 2.05) is 0 Å². The van der Waals surface area contributed by atoms with Crippen LogP contribution in [0, 0.1) is 0 Å². The highest BCUT2D eigenvalue weighted by Gasteiger charge is 2.08. The highest BCUT2D eigenvalue weighted by Crippen LogP contribution is 2.01. The lowest BCUT2D eigenvalue weighted by Crippen LogP contribution is -2.12. The van der Waals surface area contributed by atoms with Crippen molar-refractivity contribution < 1.29 is 17.7 Å². The van der Waals surface area contributed by atoms with Gasteiger partial charge in [-0.1, -0.05) is 30.3 Å². The number of benzene rings is 1.